The topological polar surface area (TPSA) is 91.2 Å². The van der Waals surface area contributed by atoms with E-state index in [1.807, 2.05) is 13.8 Å². The van der Waals surface area contributed by atoms with Gasteiger partial charge in [0.25, 0.3) is 0 Å². The van der Waals surface area contributed by atoms with E-state index in [1.165, 1.54) is 0 Å². The molecule has 5 nitrogen and oxygen atoms in total. The molecule has 94 valence electrons. The molecule has 0 spiro atoms. The number of primary amides is 1. The number of amides is 1. The summed E-state index contributed by atoms with van der Waals surface area (Å²) >= 11 is 3.40. The first-order valence-electron chi connectivity index (χ1n) is 5.18. The third kappa shape index (κ3) is 4.60. The predicted octanol–water partition coefficient (Wildman–Crippen LogP) is 2.23. The molecule has 1 rings (SSSR count). The first-order chi connectivity index (χ1) is 7.80. The van der Waals surface area contributed by atoms with Gasteiger partial charge in [-0.2, -0.15) is 0 Å². The largest absolute Gasteiger partial charge is 0.444 e. The van der Waals surface area contributed by atoms with Crippen LogP contribution in [0.5, 0.6) is 0 Å². The Labute approximate surface area is 109 Å². The van der Waals surface area contributed by atoms with Gasteiger partial charge in [-0.05, 0) is 54.2 Å². The van der Waals surface area contributed by atoms with Crippen molar-refractivity contribution in [2.75, 3.05) is 5.73 Å². The normalized spacial score (nSPS) is 11.2. The summed E-state index contributed by atoms with van der Waals surface area (Å²) in [6, 6.07) is 1.80. The number of aromatic nitrogens is 1. The summed E-state index contributed by atoms with van der Waals surface area (Å²) in [6.45, 7) is 3.63. The quantitative estimate of drug-likeness (QED) is 0.892. The number of nitrogens with two attached hydrogens (primary N) is 2. The smallest absolute Gasteiger partial charge is 0.405 e. The van der Waals surface area contributed by atoms with Gasteiger partial charge in [-0.3, -0.25) is 0 Å². The van der Waals surface area contributed by atoms with Crippen LogP contribution < -0.4 is 11.5 Å². The fraction of sp³-hybridized carbons (Fsp3) is 0.455. The van der Waals surface area contributed by atoms with Gasteiger partial charge in [-0.1, -0.05) is 0 Å². The van der Waals surface area contributed by atoms with Crippen LogP contribution in [0.1, 0.15) is 25.8 Å². The summed E-state index contributed by atoms with van der Waals surface area (Å²) in [5.74, 6) is 0.469. The Morgan fingerprint density at radius 1 is 1.59 bits per heavy atom. The van der Waals surface area contributed by atoms with E-state index in [1.54, 1.807) is 12.3 Å². The molecule has 0 aromatic carbocycles. The van der Waals surface area contributed by atoms with Crippen LogP contribution in [0.25, 0.3) is 0 Å². The maximum absolute atomic E-state index is 10.7. The highest BCUT2D eigenvalue weighted by atomic mass is 79.9. The number of aryl methyl sites for hydroxylation is 1. The van der Waals surface area contributed by atoms with Gasteiger partial charge in [-0.15, -0.1) is 0 Å². The average Bonchev–Trinajstić information content (AvgIpc) is 2.17. The number of pyridine rings is 1. The second-order valence-electron chi connectivity index (χ2n) is 4.38. The molecule has 17 heavy (non-hydrogen) atoms. The van der Waals surface area contributed by atoms with Crippen LogP contribution in [0.4, 0.5) is 10.6 Å². The van der Waals surface area contributed by atoms with Crippen molar-refractivity contribution in [3.8, 4) is 0 Å². The van der Waals surface area contributed by atoms with Crippen molar-refractivity contribution in [3.05, 3.63) is 22.3 Å². The maximum atomic E-state index is 10.7. The fourth-order valence-electron chi connectivity index (χ4n) is 1.45. The summed E-state index contributed by atoms with van der Waals surface area (Å²) in [5, 5.41) is 0. The molecule has 0 aliphatic rings. The minimum atomic E-state index is -0.761. The van der Waals surface area contributed by atoms with Crippen molar-refractivity contribution >= 4 is 27.8 Å². The van der Waals surface area contributed by atoms with E-state index < -0.39 is 11.7 Å². The van der Waals surface area contributed by atoms with Crippen molar-refractivity contribution in [2.45, 2.75) is 32.3 Å². The van der Waals surface area contributed by atoms with Crippen LogP contribution >= 0.6 is 15.9 Å². The number of hydrogen-bond acceptors (Lipinski definition) is 4. The molecule has 1 heterocycles. The van der Waals surface area contributed by atoms with Crippen LogP contribution in [0, 0.1) is 0 Å². The minimum Gasteiger partial charge on any atom is -0.444 e. The van der Waals surface area contributed by atoms with Gasteiger partial charge in [0.2, 0.25) is 0 Å². The number of carbonyl (C=O) groups excluding carboxylic acids is 1. The second-order valence-corrected chi connectivity index (χ2v) is 5.24. The highest BCUT2D eigenvalue weighted by Crippen LogP contribution is 2.23. The lowest BCUT2D eigenvalue weighted by Gasteiger charge is -2.24. The lowest BCUT2D eigenvalue weighted by atomic mass is 9.99. The Hall–Kier alpha value is -1.30. The molecule has 0 unspecified atom stereocenters. The highest BCUT2D eigenvalue weighted by molar-refractivity contribution is 9.10. The summed E-state index contributed by atoms with van der Waals surface area (Å²) in [5.41, 5.74) is 11.0. The van der Waals surface area contributed by atoms with Gasteiger partial charge in [0.15, 0.2) is 0 Å². The number of halogens is 1. The van der Waals surface area contributed by atoms with Crippen molar-refractivity contribution in [3.63, 3.8) is 0 Å². The molecule has 0 saturated carbocycles. The number of hydrogen-bond donors (Lipinski definition) is 2. The molecule has 0 fully saturated rings. The van der Waals surface area contributed by atoms with Crippen LogP contribution in [0.3, 0.4) is 0 Å². The molecule has 0 radical (unpaired) electrons. The van der Waals surface area contributed by atoms with Crippen molar-refractivity contribution < 1.29 is 9.53 Å². The number of anilines is 1. The zero-order valence-electron chi connectivity index (χ0n) is 9.87. The van der Waals surface area contributed by atoms with Crippen molar-refractivity contribution in [1.82, 2.24) is 4.98 Å². The molecule has 6 heteroatoms. The number of rotatable bonds is 4. The molecular formula is C11H16BrN3O2. The van der Waals surface area contributed by atoms with Crippen molar-refractivity contribution in [2.24, 2.45) is 5.73 Å². The Kier molecular flexibility index (Phi) is 4.34. The molecule has 0 bridgehead atoms. The lowest BCUT2D eigenvalue weighted by Crippen LogP contribution is -2.31. The fourth-order valence-corrected chi connectivity index (χ4v) is 1.86. The van der Waals surface area contributed by atoms with Gasteiger partial charge in [0.05, 0.1) is 0 Å². The summed E-state index contributed by atoms with van der Waals surface area (Å²) in [7, 11) is 0. The van der Waals surface area contributed by atoms with E-state index in [0.29, 0.717) is 18.7 Å². The molecule has 1 aromatic heterocycles. The second kappa shape index (κ2) is 5.35. The summed E-state index contributed by atoms with van der Waals surface area (Å²) in [4.78, 5) is 14.7. The third-order valence-electron chi connectivity index (χ3n) is 2.33. The van der Waals surface area contributed by atoms with E-state index in [2.05, 4.69) is 20.9 Å². The molecule has 4 N–H and O–H groups in total. The minimum absolute atomic E-state index is 0.469. The Morgan fingerprint density at radius 3 is 2.82 bits per heavy atom. The third-order valence-corrected chi connectivity index (χ3v) is 3.04. The molecule has 0 atom stereocenters. The predicted molar refractivity (Wildman–Crippen MR) is 69.4 cm³/mol. The SMILES string of the molecule is CC(C)(CCc1cc(N)ncc1Br)OC(N)=O. The Balaban J connectivity index is 2.66. The van der Waals surface area contributed by atoms with E-state index in [0.717, 1.165) is 10.0 Å². The molecule has 0 aliphatic carbocycles. The molecule has 0 aliphatic heterocycles. The van der Waals surface area contributed by atoms with E-state index in [-0.39, 0.29) is 0 Å². The number of ether oxygens (including phenoxy) is 1. The summed E-state index contributed by atoms with van der Waals surface area (Å²) in [6.07, 6.45) is 2.27. The van der Waals surface area contributed by atoms with E-state index in [4.69, 9.17) is 16.2 Å². The van der Waals surface area contributed by atoms with Crippen LogP contribution in [0.2, 0.25) is 0 Å². The lowest BCUT2D eigenvalue weighted by molar-refractivity contribution is 0.0394. The maximum Gasteiger partial charge on any atom is 0.405 e. The zero-order valence-corrected chi connectivity index (χ0v) is 11.5. The molecule has 1 aromatic rings. The van der Waals surface area contributed by atoms with Gasteiger partial charge in [-0.25, -0.2) is 9.78 Å². The average molecular weight is 302 g/mol. The van der Waals surface area contributed by atoms with Crippen LogP contribution in [-0.4, -0.2) is 16.7 Å². The van der Waals surface area contributed by atoms with Gasteiger partial charge >= 0.3 is 6.09 Å². The van der Waals surface area contributed by atoms with Gasteiger partial charge in [0.1, 0.15) is 11.4 Å². The zero-order chi connectivity index (χ0) is 13.1. The first kappa shape index (κ1) is 13.8. The number of carbonyl (C=O) groups is 1. The Morgan fingerprint density at radius 2 is 2.24 bits per heavy atom. The monoisotopic (exact) mass is 301 g/mol. The highest BCUT2D eigenvalue weighted by Gasteiger charge is 2.21. The number of nitrogens with zero attached hydrogens (tertiary/aromatic N) is 1. The Bertz CT molecular complexity index is 421. The standard InChI is InChI=1S/C11H16BrN3O2/c1-11(2,17-10(14)16)4-3-7-5-9(13)15-6-8(7)12/h5-6H,3-4H2,1-2H3,(H2,13,15)(H2,14,16). The van der Waals surface area contributed by atoms with Gasteiger partial charge in [0, 0.05) is 10.7 Å². The van der Waals surface area contributed by atoms with E-state index >= 15 is 0 Å². The van der Waals surface area contributed by atoms with Crippen molar-refractivity contribution in [1.29, 1.82) is 0 Å². The van der Waals surface area contributed by atoms with Gasteiger partial charge < -0.3 is 16.2 Å². The van der Waals surface area contributed by atoms with Crippen LogP contribution in [-0.2, 0) is 11.2 Å². The summed E-state index contributed by atoms with van der Waals surface area (Å²) < 4.78 is 5.90. The number of nitrogen functional groups attached to an aromatic ring is 1. The van der Waals surface area contributed by atoms with E-state index in [9.17, 15) is 4.79 Å². The van der Waals surface area contributed by atoms with Crippen LogP contribution in [0.15, 0.2) is 16.7 Å². The molecule has 0 saturated heterocycles. The molecular weight excluding hydrogens is 286 g/mol. The molecule has 1 amide bonds. The first-order valence-corrected chi connectivity index (χ1v) is 5.98.